The van der Waals surface area contributed by atoms with Crippen LogP contribution in [0.3, 0.4) is 0 Å². The Morgan fingerprint density at radius 1 is 1.56 bits per heavy atom. The lowest BCUT2D eigenvalue weighted by molar-refractivity contribution is -0.384. The Kier molecular flexibility index (Phi) is 4.15. The normalized spacial score (nSPS) is 10.6. The molecule has 0 bridgehead atoms. The molecule has 2 aromatic rings. The number of benzene rings is 1. The number of nitro groups is 1. The zero-order valence-corrected chi connectivity index (χ0v) is 11.7. The predicted octanol–water partition coefficient (Wildman–Crippen LogP) is 3.70. The third-order valence-electron chi connectivity index (χ3n) is 2.08. The van der Waals surface area contributed by atoms with Crippen molar-refractivity contribution in [3.63, 3.8) is 0 Å². The molecule has 0 saturated carbocycles. The molecule has 94 valence electrons. The highest BCUT2D eigenvalue weighted by Gasteiger charge is 2.13. The molecule has 0 aliphatic heterocycles. The molecule has 0 radical (unpaired) electrons. The molecule has 1 aromatic heterocycles. The molecule has 0 unspecified atom stereocenters. The van der Waals surface area contributed by atoms with E-state index in [0.29, 0.717) is 5.75 Å². The van der Waals surface area contributed by atoms with E-state index in [1.165, 1.54) is 29.4 Å². The van der Waals surface area contributed by atoms with E-state index >= 15 is 0 Å². The van der Waals surface area contributed by atoms with Gasteiger partial charge in [-0.25, -0.2) is 4.98 Å². The van der Waals surface area contributed by atoms with Crippen molar-refractivity contribution in [3.05, 3.63) is 44.7 Å². The summed E-state index contributed by atoms with van der Waals surface area (Å²) in [4.78, 5) is 14.5. The maximum Gasteiger partial charge on any atom is 0.288 e. The monoisotopic (exact) mass is 301 g/mol. The number of hydrogen-bond acceptors (Lipinski definition) is 6. The van der Waals surface area contributed by atoms with Gasteiger partial charge in [-0.1, -0.05) is 29.4 Å². The second-order valence-electron chi connectivity index (χ2n) is 3.44. The molecule has 0 atom stereocenters. The lowest BCUT2D eigenvalue weighted by Crippen LogP contribution is -1.91. The van der Waals surface area contributed by atoms with Crippen molar-refractivity contribution in [2.75, 3.05) is 0 Å². The fraction of sp³-hybridized carbons (Fsp3) is 0.200. The van der Waals surface area contributed by atoms with Crippen molar-refractivity contribution in [2.24, 2.45) is 0 Å². The molecular weight excluding hydrogens is 294 g/mol. The lowest BCUT2D eigenvalue weighted by atomic mass is 10.2. The summed E-state index contributed by atoms with van der Waals surface area (Å²) in [5.41, 5.74) is 0.771. The first-order valence-electron chi connectivity index (χ1n) is 4.92. The first-order valence-corrected chi connectivity index (χ1v) is 7.06. The summed E-state index contributed by atoms with van der Waals surface area (Å²) in [7, 11) is 0. The van der Waals surface area contributed by atoms with Crippen molar-refractivity contribution in [1.82, 2.24) is 9.36 Å². The molecular formula is C10H8ClN3O2S2. The molecule has 5 nitrogen and oxygen atoms in total. The number of halogens is 1. The number of rotatable bonds is 4. The highest BCUT2D eigenvalue weighted by molar-refractivity contribution is 8.00. The van der Waals surface area contributed by atoms with E-state index in [2.05, 4.69) is 9.36 Å². The van der Waals surface area contributed by atoms with Crippen LogP contribution in [-0.4, -0.2) is 14.3 Å². The molecule has 0 amide bonds. The van der Waals surface area contributed by atoms with Crippen LogP contribution in [0.25, 0.3) is 0 Å². The minimum Gasteiger partial charge on any atom is -0.258 e. The van der Waals surface area contributed by atoms with E-state index in [1.54, 1.807) is 12.1 Å². The van der Waals surface area contributed by atoms with Crippen LogP contribution in [-0.2, 0) is 5.75 Å². The third kappa shape index (κ3) is 3.18. The van der Waals surface area contributed by atoms with Crippen molar-refractivity contribution < 1.29 is 4.92 Å². The molecule has 0 fully saturated rings. The summed E-state index contributed by atoms with van der Waals surface area (Å²) < 4.78 is 4.92. The summed E-state index contributed by atoms with van der Waals surface area (Å²) in [5, 5.41) is 10.9. The fourth-order valence-corrected chi connectivity index (χ4v) is 3.05. The largest absolute Gasteiger partial charge is 0.288 e. The van der Waals surface area contributed by atoms with Crippen LogP contribution in [0.5, 0.6) is 0 Å². The minimum absolute atomic E-state index is 0.0665. The Hall–Kier alpha value is -1.18. The smallest absolute Gasteiger partial charge is 0.258 e. The molecule has 0 aliphatic rings. The molecule has 0 spiro atoms. The number of thioether (sulfide) groups is 1. The van der Waals surface area contributed by atoms with E-state index in [1.807, 2.05) is 6.92 Å². The van der Waals surface area contributed by atoms with Crippen LogP contribution in [0.4, 0.5) is 5.69 Å². The summed E-state index contributed by atoms with van der Waals surface area (Å²) in [5.74, 6) is 1.34. The summed E-state index contributed by atoms with van der Waals surface area (Å²) >= 11 is 8.57. The van der Waals surface area contributed by atoms with Gasteiger partial charge in [0, 0.05) is 11.8 Å². The summed E-state index contributed by atoms with van der Waals surface area (Å²) in [6.07, 6.45) is 0. The van der Waals surface area contributed by atoms with Gasteiger partial charge >= 0.3 is 0 Å². The van der Waals surface area contributed by atoms with Gasteiger partial charge in [0.2, 0.25) is 0 Å². The maximum absolute atomic E-state index is 10.7. The molecule has 18 heavy (non-hydrogen) atoms. The van der Waals surface area contributed by atoms with Gasteiger partial charge in [0.1, 0.15) is 10.8 Å². The van der Waals surface area contributed by atoms with E-state index in [4.69, 9.17) is 11.6 Å². The Balaban J connectivity index is 2.10. The average Bonchev–Trinajstić information content (AvgIpc) is 2.74. The Morgan fingerprint density at radius 3 is 2.94 bits per heavy atom. The second-order valence-corrected chi connectivity index (χ2v) is 5.82. The van der Waals surface area contributed by atoms with Gasteiger partial charge in [-0.05, 0) is 30.1 Å². The zero-order valence-electron chi connectivity index (χ0n) is 9.29. The second kappa shape index (κ2) is 5.64. The van der Waals surface area contributed by atoms with Crippen LogP contribution >= 0.6 is 34.9 Å². The number of hydrogen-bond donors (Lipinski definition) is 0. The van der Waals surface area contributed by atoms with E-state index < -0.39 is 4.92 Å². The molecule has 1 heterocycles. The Morgan fingerprint density at radius 2 is 2.33 bits per heavy atom. The number of nitrogens with zero attached hydrogens (tertiary/aromatic N) is 3. The maximum atomic E-state index is 10.7. The third-order valence-corrected chi connectivity index (χ3v) is 4.39. The molecule has 1 aromatic carbocycles. The van der Waals surface area contributed by atoms with Gasteiger partial charge in [-0.2, -0.15) is 4.37 Å². The van der Waals surface area contributed by atoms with Crippen molar-refractivity contribution >= 4 is 40.6 Å². The molecule has 0 aliphatic carbocycles. The van der Waals surface area contributed by atoms with Crippen molar-refractivity contribution in [3.8, 4) is 0 Å². The van der Waals surface area contributed by atoms with Crippen LogP contribution in [0, 0.1) is 17.0 Å². The molecule has 8 heteroatoms. The molecule has 2 rings (SSSR count). The van der Waals surface area contributed by atoms with Crippen LogP contribution in [0.1, 0.15) is 11.4 Å². The lowest BCUT2D eigenvalue weighted by Gasteiger charge is -2.00. The molecule has 0 N–H and O–H groups in total. The zero-order chi connectivity index (χ0) is 13.1. The Bertz CT molecular complexity index is 588. The van der Waals surface area contributed by atoms with E-state index in [0.717, 1.165) is 15.7 Å². The Labute approximate surface area is 117 Å². The van der Waals surface area contributed by atoms with E-state index in [9.17, 15) is 10.1 Å². The average molecular weight is 302 g/mol. The standard InChI is InChI=1S/C10H8ClN3O2S2/c1-6-12-10(18-13-6)17-5-7-2-3-8(11)9(4-7)14(15)16/h2-4H,5H2,1H3. The first kappa shape index (κ1) is 13.3. The van der Waals surface area contributed by atoms with Crippen molar-refractivity contribution in [2.45, 2.75) is 17.0 Å². The van der Waals surface area contributed by atoms with Gasteiger partial charge in [-0.3, -0.25) is 10.1 Å². The molecule has 0 saturated heterocycles. The highest BCUT2D eigenvalue weighted by Crippen LogP contribution is 2.29. The van der Waals surface area contributed by atoms with Gasteiger partial charge in [0.25, 0.3) is 5.69 Å². The van der Waals surface area contributed by atoms with E-state index in [-0.39, 0.29) is 10.7 Å². The predicted molar refractivity (Wildman–Crippen MR) is 72.3 cm³/mol. The minimum atomic E-state index is -0.481. The van der Waals surface area contributed by atoms with Crippen LogP contribution in [0.15, 0.2) is 22.5 Å². The topological polar surface area (TPSA) is 68.9 Å². The number of aryl methyl sites for hydroxylation is 1. The van der Waals surface area contributed by atoms with Crippen LogP contribution in [0.2, 0.25) is 5.02 Å². The summed E-state index contributed by atoms with van der Waals surface area (Å²) in [6.45, 7) is 1.83. The van der Waals surface area contributed by atoms with Crippen molar-refractivity contribution in [1.29, 1.82) is 0 Å². The summed E-state index contributed by atoms with van der Waals surface area (Å²) in [6, 6.07) is 4.81. The number of aromatic nitrogens is 2. The number of nitro benzene ring substituents is 1. The van der Waals surface area contributed by atoms with Gasteiger partial charge in [0.15, 0.2) is 4.34 Å². The fourth-order valence-electron chi connectivity index (χ4n) is 1.27. The first-order chi connectivity index (χ1) is 8.56. The highest BCUT2D eigenvalue weighted by atomic mass is 35.5. The quantitative estimate of drug-likeness (QED) is 0.489. The van der Waals surface area contributed by atoms with Gasteiger partial charge < -0.3 is 0 Å². The van der Waals surface area contributed by atoms with Crippen LogP contribution < -0.4 is 0 Å². The SMILES string of the molecule is Cc1nsc(SCc2ccc(Cl)c([N+](=O)[O-])c2)n1. The van der Waals surface area contributed by atoms with Gasteiger partial charge in [-0.15, -0.1) is 0 Å². The van der Waals surface area contributed by atoms with Gasteiger partial charge in [0.05, 0.1) is 4.92 Å².